The van der Waals surface area contributed by atoms with Crippen molar-refractivity contribution < 1.29 is 9.59 Å². The first-order chi connectivity index (χ1) is 10.6. The topological polar surface area (TPSA) is 55.9 Å². The molecule has 3 rings (SSSR count). The molecule has 2 amide bonds. The number of piperazine rings is 2. The van der Waals surface area contributed by atoms with Gasteiger partial charge in [0.05, 0.1) is 12.5 Å². The van der Waals surface area contributed by atoms with Gasteiger partial charge in [-0.1, -0.05) is 6.42 Å². The lowest BCUT2D eigenvalue weighted by atomic mass is 9.85. The average molecular weight is 308 g/mol. The van der Waals surface area contributed by atoms with Crippen LogP contribution in [0.1, 0.15) is 25.7 Å². The minimum atomic E-state index is -0.319. The molecule has 0 aromatic heterocycles. The molecule has 0 aromatic rings. The van der Waals surface area contributed by atoms with Crippen LogP contribution < -0.4 is 5.32 Å². The Bertz CT molecular complexity index is 416. The molecular formula is C16H28N4O2. The molecule has 0 radical (unpaired) electrons. The normalized spacial score (nSPS) is 27.9. The van der Waals surface area contributed by atoms with Crippen molar-refractivity contribution in [1.82, 2.24) is 20.0 Å². The van der Waals surface area contributed by atoms with Crippen molar-refractivity contribution in [2.75, 3.05) is 52.9 Å². The van der Waals surface area contributed by atoms with Gasteiger partial charge in [0, 0.05) is 45.8 Å². The second-order valence-corrected chi connectivity index (χ2v) is 6.98. The second-order valence-electron chi connectivity index (χ2n) is 6.98. The van der Waals surface area contributed by atoms with Crippen LogP contribution in [0.2, 0.25) is 0 Å². The Labute approximate surface area is 132 Å². The summed E-state index contributed by atoms with van der Waals surface area (Å²) in [5.74, 6) is 0.932. The zero-order valence-electron chi connectivity index (χ0n) is 13.6. The first kappa shape index (κ1) is 15.7. The van der Waals surface area contributed by atoms with Crippen LogP contribution in [0, 0.1) is 5.92 Å². The van der Waals surface area contributed by atoms with Crippen LogP contribution in [0.5, 0.6) is 0 Å². The highest BCUT2D eigenvalue weighted by Crippen LogP contribution is 2.27. The molecule has 6 heteroatoms. The molecule has 124 valence electrons. The standard InChI is InChI=1S/C16H28N4O2/c1-18-7-9-19(10-8-18)15(21)11-14-16(22)20(6-5-17-14)12-13-3-2-4-13/h13-14,17H,2-12H2,1H3. The first-order valence-electron chi connectivity index (χ1n) is 8.62. The minimum Gasteiger partial charge on any atom is -0.340 e. The summed E-state index contributed by atoms with van der Waals surface area (Å²) < 4.78 is 0. The van der Waals surface area contributed by atoms with Gasteiger partial charge in [0.2, 0.25) is 11.8 Å². The number of hydrogen-bond acceptors (Lipinski definition) is 4. The van der Waals surface area contributed by atoms with E-state index in [0.29, 0.717) is 12.3 Å². The van der Waals surface area contributed by atoms with E-state index in [4.69, 9.17) is 0 Å². The highest BCUT2D eigenvalue weighted by Gasteiger charge is 2.33. The van der Waals surface area contributed by atoms with Gasteiger partial charge in [-0.3, -0.25) is 9.59 Å². The maximum absolute atomic E-state index is 12.6. The van der Waals surface area contributed by atoms with Crippen molar-refractivity contribution in [3.05, 3.63) is 0 Å². The number of nitrogens with zero attached hydrogens (tertiary/aromatic N) is 3. The summed E-state index contributed by atoms with van der Waals surface area (Å²) in [6.45, 7) is 5.88. The van der Waals surface area contributed by atoms with Crippen molar-refractivity contribution in [3.8, 4) is 0 Å². The zero-order valence-corrected chi connectivity index (χ0v) is 13.6. The van der Waals surface area contributed by atoms with Gasteiger partial charge in [0.15, 0.2) is 0 Å². The van der Waals surface area contributed by atoms with E-state index in [1.807, 2.05) is 9.80 Å². The number of nitrogens with one attached hydrogen (secondary N) is 1. The summed E-state index contributed by atoms with van der Waals surface area (Å²) in [6.07, 6.45) is 4.12. The third kappa shape index (κ3) is 3.60. The number of rotatable bonds is 4. The van der Waals surface area contributed by atoms with E-state index >= 15 is 0 Å². The molecule has 2 heterocycles. The Kier molecular flexibility index (Phi) is 4.98. The lowest BCUT2D eigenvalue weighted by Crippen LogP contribution is -2.58. The number of carbonyl (C=O) groups is 2. The molecule has 1 saturated carbocycles. The third-order valence-electron chi connectivity index (χ3n) is 5.32. The van der Waals surface area contributed by atoms with Gasteiger partial charge >= 0.3 is 0 Å². The highest BCUT2D eigenvalue weighted by atomic mass is 16.2. The molecule has 1 N–H and O–H groups in total. The van der Waals surface area contributed by atoms with Crippen LogP contribution in [0.4, 0.5) is 0 Å². The number of likely N-dealkylation sites (N-methyl/N-ethyl adjacent to an activating group) is 1. The molecule has 3 fully saturated rings. The molecule has 2 saturated heterocycles. The van der Waals surface area contributed by atoms with Gasteiger partial charge in [-0.2, -0.15) is 0 Å². The molecule has 3 aliphatic rings. The van der Waals surface area contributed by atoms with Gasteiger partial charge in [0.25, 0.3) is 0 Å². The van der Waals surface area contributed by atoms with Crippen molar-refractivity contribution in [2.45, 2.75) is 31.7 Å². The molecular weight excluding hydrogens is 280 g/mol. The largest absolute Gasteiger partial charge is 0.340 e. The van der Waals surface area contributed by atoms with E-state index < -0.39 is 0 Å². The first-order valence-corrected chi connectivity index (χ1v) is 8.62. The minimum absolute atomic E-state index is 0.115. The fraction of sp³-hybridized carbons (Fsp3) is 0.875. The lowest BCUT2D eigenvalue weighted by Gasteiger charge is -2.38. The van der Waals surface area contributed by atoms with Crippen LogP contribution in [-0.4, -0.2) is 85.4 Å². The molecule has 2 aliphatic heterocycles. The predicted molar refractivity (Wildman–Crippen MR) is 84.4 cm³/mol. The SMILES string of the molecule is CN1CCN(C(=O)CC2NCCN(CC3CCC3)C2=O)CC1. The van der Waals surface area contributed by atoms with E-state index in [-0.39, 0.29) is 17.9 Å². The summed E-state index contributed by atoms with van der Waals surface area (Å²) in [5, 5.41) is 3.24. The molecule has 0 aromatic carbocycles. The van der Waals surface area contributed by atoms with Gasteiger partial charge < -0.3 is 20.0 Å². The van der Waals surface area contributed by atoms with Crippen LogP contribution >= 0.6 is 0 Å². The lowest BCUT2D eigenvalue weighted by molar-refractivity contribution is -0.142. The van der Waals surface area contributed by atoms with Gasteiger partial charge in [-0.15, -0.1) is 0 Å². The molecule has 1 atom stereocenters. The van der Waals surface area contributed by atoms with Crippen LogP contribution in [-0.2, 0) is 9.59 Å². The molecule has 0 spiro atoms. The summed E-state index contributed by atoms with van der Waals surface area (Å²) in [5.41, 5.74) is 0. The van der Waals surface area contributed by atoms with E-state index in [0.717, 1.165) is 45.8 Å². The Morgan fingerprint density at radius 2 is 1.91 bits per heavy atom. The summed E-state index contributed by atoms with van der Waals surface area (Å²) in [4.78, 5) is 31.1. The van der Waals surface area contributed by atoms with E-state index in [9.17, 15) is 9.59 Å². The second kappa shape index (κ2) is 6.96. The quantitative estimate of drug-likeness (QED) is 0.778. The van der Waals surface area contributed by atoms with Crippen molar-refractivity contribution in [1.29, 1.82) is 0 Å². The number of carbonyl (C=O) groups excluding carboxylic acids is 2. The summed E-state index contributed by atoms with van der Waals surface area (Å²) in [7, 11) is 2.08. The maximum atomic E-state index is 12.6. The fourth-order valence-electron chi connectivity index (χ4n) is 3.48. The predicted octanol–water partition coefficient (Wildman–Crippen LogP) is -0.249. The van der Waals surface area contributed by atoms with Crippen LogP contribution in [0.3, 0.4) is 0 Å². The Morgan fingerprint density at radius 3 is 2.55 bits per heavy atom. The Morgan fingerprint density at radius 1 is 1.18 bits per heavy atom. The van der Waals surface area contributed by atoms with E-state index in [1.54, 1.807) is 0 Å². The molecule has 0 bridgehead atoms. The molecule has 6 nitrogen and oxygen atoms in total. The molecule has 22 heavy (non-hydrogen) atoms. The van der Waals surface area contributed by atoms with Crippen LogP contribution in [0.25, 0.3) is 0 Å². The van der Waals surface area contributed by atoms with E-state index in [1.165, 1.54) is 19.3 Å². The Balaban J connectivity index is 1.50. The molecule has 1 unspecified atom stereocenters. The maximum Gasteiger partial charge on any atom is 0.240 e. The van der Waals surface area contributed by atoms with Crippen LogP contribution in [0.15, 0.2) is 0 Å². The van der Waals surface area contributed by atoms with E-state index in [2.05, 4.69) is 17.3 Å². The van der Waals surface area contributed by atoms with Crippen molar-refractivity contribution >= 4 is 11.8 Å². The van der Waals surface area contributed by atoms with Gasteiger partial charge in [-0.05, 0) is 25.8 Å². The number of hydrogen-bond donors (Lipinski definition) is 1. The van der Waals surface area contributed by atoms with Crippen molar-refractivity contribution in [3.63, 3.8) is 0 Å². The smallest absolute Gasteiger partial charge is 0.240 e. The third-order valence-corrected chi connectivity index (χ3v) is 5.32. The van der Waals surface area contributed by atoms with Crippen molar-refractivity contribution in [2.24, 2.45) is 5.92 Å². The highest BCUT2D eigenvalue weighted by molar-refractivity contribution is 5.89. The van der Waals surface area contributed by atoms with Gasteiger partial charge in [0.1, 0.15) is 0 Å². The fourth-order valence-corrected chi connectivity index (χ4v) is 3.48. The monoisotopic (exact) mass is 308 g/mol. The average Bonchev–Trinajstić information content (AvgIpc) is 2.47. The Hall–Kier alpha value is -1.14. The number of amides is 2. The summed E-state index contributed by atoms with van der Waals surface area (Å²) >= 11 is 0. The van der Waals surface area contributed by atoms with Gasteiger partial charge in [-0.25, -0.2) is 0 Å². The molecule has 1 aliphatic carbocycles. The zero-order chi connectivity index (χ0) is 15.5. The summed E-state index contributed by atoms with van der Waals surface area (Å²) in [6, 6.07) is -0.319.